The van der Waals surface area contributed by atoms with Crippen molar-refractivity contribution in [3.63, 3.8) is 0 Å². The van der Waals surface area contributed by atoms with Gasteiger partial charge in [-0.05, 0) is 36.4 Å². The molecule has 1 aliphatic heterocycles. The third-order valence-electron chi connectivity index (χ3n) is 6.15. The number of aromatic amines is 1. The molecule has 0 bridgehead atoms. The van der Waals surface area contributed by atoms with E-state index < -0.39 is 12.0 Å². The second-order valence-electron chi connectivity index (χ2n) is 8.61. The lowest BCUT2D eigenvalue weighted by Gasteiger charge is -2.38. The standard InChI is InChI=1S/C25H30N4O4/c1-16(2)24(30)27-17-4-9-20-21(15-26-22(20)14-17)23(25(31)32)29-12-10-28(11-13-29)18-5-7-19(33-3)8-6-18/h4-9,14-16,23,26H,10-13H2,1-3H3,(H,27,30)(H,31,32). The summed E-state index contributed by atoms with van der Waals surface area (Å²) in [6, 6.07) is 12.7. The van der Waals surface area contributed by atoms with Gasteiger partial charge in [-0.1, -0.05) is 19.9 Å². The first-order valence-corrected chi connectivity index (χ1v) is 11.1. The first kappa shape index (κ1) is 22.7. The summed E-state index contributed by atoms with van der Waals surface area (Å²) in [5.41, 5.74) is 3.33. The highest BCUT2D eigenvalue weighted by atomic mass is 16.5. The Morgan fingerprint density at radius 2 is 1.76 bits per heavy atom. The molecule has 1 amide bonds. The van der Waals surface area contributed by atoms with Crippen molar-refractivity contribution in [1.82, 2.24) is 9.88 Å². The molecule has 33 heavy (non-hydrogen) atoms. The summed E-state index contributed by atoms with van der Waals surface area (Å²) >= 11 is 0. The van der Waals surface area contributed by atoms with E-state index in [0.717, 1.165) is 41.0 Å². The van der Waals surface area contributed by atoms with Gasteiger partial charge >= 0.3 is 5.97 Å². The van der Waals surface area contributed by atoms with Crippen LogP contribution in [0.1, 0.15) is 25.5 Å². The SMILES string of the molecule is COc1ccc(N2CCN(C(C(=O)O)c3c[nH]c4cc(NC(=O)C(C)C)ccc34)CC2)cc1. The molecule has 8 nitrogen and oxygen atoms in total. The average Bonchev–Trinajstić information content (AvgIpc) is 3.22. The normalized spacial score (nSPS) is 15.6. The molecule has 1 aromatic heterocycles. The minimum atomic E-state index is -0.869. The molecule has 1 unspecified atom stereocenters. The number of amides is 1. The number of aliphatic carboxylic acids is 1. The zero-order valence-corrected chi connectivity index (χ0v) is 19.2. The van der Waals surface area contributed by atoms with Crippen molar-refractivity contribution in [1.29, 1.82) is 0 Å². The maximum Gasteiger partial charge on any atom is 0.325 e. The van der Waals surface area contributed by atoms with E-state index in [2.05, 4.69) is 15.2 Å². The van der Waals surface area contributed by atoms with E-state index in [1.54, 1.807) is 13.3 Å². The number of hydrogen-bond acceptors (Lipinski definition) is 5. The van der Waals surface area contributed by atoms with Crippen LogP contribution in [0.25, 0.3) is 10.9 Å². The molecule has 3 N–H and O–H groups in total. The van der Waals surface area contributed by atoms with E-state index >= 15 is 0 Å². The molecule has 174 valence electrons. The van der Waals surface area contributed by atoms with Gasteiger partial charge in [0.05, 0.1) is 7.11 Å². The van der Waals surface area contributed by atoms with Crippen LogP contribution < -0.4 is 15.0 Å². The molecular weight excluding hydrogens is 420 g/mol. The Balaban J connectivity index is 1.50. The quantitative estimate of drug-likeness (QED) is 0.508. The Kier molecular flexibility index (Phi) is 6.55. The molecule has 1 atom stereocenters. The molecule has 3 aromatic rings. The lowest BCUT2D eigenvalue weighted by Crippen LogP contribution is -2.49. The van der Waals surface area contributed by atoms with E-state index in [9.17, 15) is 14.7 Å². The number of benzene rings is 2. The number of methoxy groups -OCH3 is 1. The summed E-state index contributed by atoms with van der Waals surface area (Å²) in [5.74, 6) is -0.229. The summed E-state index contributed by atoms with van der Waals surface area (Å²) in [6.07, 6.45) is 1.77. The minimum Gasteiger partial charge on any atom is -0.497 e. The molecule has 8 heteroatoms. The second kappa shape index (κ2) is 9.54. The molecular formula is C25H30N4O4. The Morgan fingerprint density at radius 3 is 2.36 bits per heavy atom. The molecule has 2 aromatic carbocycles. The summed E-state index contributed by atoms with van der Waals surface area (Å²) in [4.78, 5) is 31.8. The third kappa shape index (κ3) is 4.80. The summed E-state index contributed by atoms with van der Waals surface area (Å²) in [5, 5.41) is 13.8. The van der Waals surface area contributed by atoms with E-state index in [4.69, 9.17) is 4.74 Å². The van der Waals surface area contributed by atoms with Gasteiger partial charge in [0.1, 0.15) is 11.8 Å². The van der Waals surface area contributed by atoms with Crippen LogP contribution >= 0.6 is 0 Å². The highest BCUT2D eigenvalue weighted by Gasteiger charge is 2.32. The number of H-pyrrole nitrogens is 1. The van der Waals surface area contributed by atoms with Crippen molar-refractivity contribution in [2.45, 2.75) is 19.9 Å². The van der Waals surface area contributed by atoms with Gasteiger partial charge in [-0.25, -0.2) is 0 Å². The van der Waals surface area contributed by atoms with Crippen LogP contribution in [0, 0.1) is 5.92 Å². The van der Waals surface area contributed by atoms with Gasteiger partial charge in [-0.2, -0.15) is 0 Å². The Hall–Kier alpha value is -3.52. The predicted octanol–water partition coefficient (Wildman–Crippen LogP) is 3.72. The molecule has 2 heterocycles. The van der Waals surface area contributed by atoms with Crippen LogP contribution in [0.4, 0.5) is 11.4 Å². The van der Waals surface area contributed by atoms with Crippen molar-refractivity contribution in [3.05, 3.63) is 54.2 Å². The number of rotatable bonds is 7. The van der Waals surface area contributed by atoms with E-state index in [-0.39, 0.29) is 11.8 Å². The van der Waals surface area contributed by atoms with Gasteiger partial charge in [-0.15, -0.1) is 0 Å². The number of aromatic nitrogens is 1. The number of nitrogens with zero attached hydrogens (tertiary/aromatic N) is 2. The molecule has 1 fully saturated rings. The van der Waals surface area contributed by atoms with E-state index in [0.29, 0.717) is 18.8 Å². The number of fused-ring (bicyclic) bond motifs is 1. The van der Waals surface area contributed by atoms with Crippen molar-refractivity contribution < 1.29 is 19.4 Å². The maximum absolute atomic E-state index is 12.3. The minimum absolute atomic E-state index is 0.0562. The molecule has 0 spiro atoms. The van der Waals surface area contributed by atoms with Crippen molar-refractivity contribution in [2.24, 2.45) is 5.92 Å². The fourth-order valence-electron chi connectivity index (χ4n) is 4.26. The maximum atomic E-state index is 12.3. The van der Waals surface area contributed by atoms with Crippen LogP contribution in [-0.4, -0.2) is 60.2 Å². The second-order valence-corrected chi connectivity index (χ2v) is 8.61. The van der Waals surface area contributed by atoms with Crippen LogP contribution in [-0.2, 0) is 9.59 Å². The van der Waals surface area contributed by atoms with Gasteiger partial charge in [0.25, 0.3) is 0 Å². The molecule has 1 saturated heterocycles. The Morgan fingerprint density at radius 1 is 1.06 bits per heavy atom. The zero-order valence-electron chi connectivity index (χ0n) is 19.2. The fraction of sp³-hybridized carbons (Fsp3) is 0.360. The number of anilines is 2. The summed E-state index contributed by atoms with van der Waals surface area (Å²) in [7, 11) is 1.65. The molecule has 0 aliphatic carbocycles. The average molecular weight is 451 g/mol. The van der Waals surface area contributed by atoms with Crippen LogP contribution in [0.2, 0.25) is 0 Å². The van der Waals surface area contributed by atoms with Crippen molar-refractivity contribution in [2.75, 3.05) is 43.5 Å². The van der Waals surface area contributed by atoms with Crippen LogP contribution in [0.15, 0.2) is 48.7 Å². The van der Waals surface area contributed by atoms with Crippen LogP contribution in [0.5, 0.6) is 5.75 Å². The molecule has 0 saturated carbocycles. The van der Waals surface area contributed by atoms with Gasteiger partial charge in [-0.3, -0.25) is 14.5 Å². The fourth-order valence-corrected chi connectivity index (χ4v) is 4.26. The third-order valence-corrected chi connectivity index (χ3v) is 6.15. The van der Waals surface area contributed by atoms with Gasteiger partial charge in [0.2, 0.25) is 5.91 Å². The zero-order chi connectivity index (χ0) is 23.5. The largest absolute Gasteiger partial charge is 0.497 e. The van der Waals surface area contributed by atoms with Crippen LogP contribution in [0.3, 0.4) is 0 Å². The Bertz CT molecular complexity index is 1130. The summed E-state index contributed by atoms with van der Waals surface area (Å²) in [6.45, 7) is 6.43. The Labute approximate surface area is 193 Å². The van der Waals surface area contributed by atoms with Gasteiger partial charge < -0.3 is 25.0 Å². The van der Waals surface area contributed by atoms with Crippen molar-refractivity contribution in [3.8, 4) is 5.75 Å². The highest BCUT2D eigenvalue weighted by Crippen LogP contribution is 2.32. The van der Waals surface area contributed by atoms with E-state index in [1.165, 1.54) is 0 Å². The summed E-state index contributed by atoms with van der Waals surface area (Å²) < 4.78 is 5.23. The topological polar surface area (TPSA) is 97.9 Å². The number of carboxylic acids is 1. The lowest BCUT2D eigenvalue weighted by molar-refractivity contribution is -0.143. The lowest BCUT2D eigenvalue weighted by atomic mass is 10.0. The number of piperazine rings is 1. The molecule has 1 aliphatic rings. The highest BCUT2D eigenvalue weighted by molar-refractivity contribution is 5.96. The number of hydrogen-bond donors (Lipinski definition) is 3. The van der Waals surface area contributed by atoms with Crippen molar-refractivity contribution >= 4 is 34.2 Å². The number of carboxylic acid groups (broad SMARTS) is 1. The molecule has 4 rings (SSSR count). The monoisotopic (exact) mass is 450 g/mol. The number of carbonyl (C=O) groups excluding carboxylic acids is 1. The van der Waals surface area contributed by atoms with Gasteiger partial charge in [0.15, 0.2) is 0 Å². The number of ether oxygens (including phenoxy) is 1. The number of nitrogens with one attached hydrogen (secondary N) is 2. The van der Waals surface area contributed by atoms with E-state index in [1.807, 2.05) is 61.2 Å². The first-order valence-electron chi connectivity index (χ1n) is 11.1. The number of carbonyl (C=O) groups is 2. The molecule has 0 radical (unpaired) electrons. The van der Waals surface area contributed by atoms with Gasteiger partial charge in [0, 0.05) is 66.1 Å². The smallest absolute Gasteiger partial charge is 0.325 e. The predicted molar refractivity (Wildman–Crippen MR) is 129 cm³/mol. The first-order chi connectivity index (χ1) is 15.9.